The number of hydrogen-bond donors (Lipinski definition) is 3. The van der Waals surface area contributed by atoms with Crippen molar-refractivity contribution in [2.45, 2.75) is 22.8 Å². The molecule has 0 saturated heterocycles. The van der Waals surface area contributed by atoms with Crippen LogP contribution in [0, 0.1) is 6.92 Å². The highest BCUT2D eigenvalue weighted by molar-refractivity contribution is 7.99. The van der Waals surface area contributed by atoms with E-state index in [2.05, 4.69) is 15.3 Å². The van der Waals surface area contributed by atoms with Crippen molar-refractivity contribution in [2.24, 2.45) is 0 Å². The Balaban J connectivity index is 1.57. The Hall–Kier alpha value is -4.11. The van der Waals surface area contributed by atoms with Gasteiger partial charge in [-0.3, -0.25) is 14.6 Å². The number of carbonyl (C=O) groups excluding carboxylic acids is 2. The third-order valence-electron chi connectivity index (χ3n) is 5.22. The second-order valence-corrected chi connectivity index (χ2v) is 8.61. The van der Waals surface area contributed by atoms with E-state index in [1.54, 1.807) is 54.6 Å². The molecule has 1 atom stereocenters. The maximum absolute atomic E-state index is 12.8. The monoisotopic (exact) mass is 474 g/mol. The average Bonchev–Trinajstić information content (AvgIpc) is 2.84. The molecule has 34 heavy (non-hydrogen) atoms. The zero-order valence-corrected chi connectivity index (χ0v) is 19.3. The fourth-order valence-corrected chi connectivity index (χ4v) is 4.54. The van der Waals surface area contributed by atoms with Crippen LogP contribution in [0.4, 0.5) is 5.95 Å². The second kappa shape index (κ2) is 9.80. The molecule has 3 aromatic carbocycles. The molecule has 0 radical (unpaired) electrons. The summed E-state index contributed by atoms with van der Waals surface area (Å²) >= 11 is 1.40. The minimum absolute atomic E-state index is 0.0634. The average molecular weight is 475 g/mol. The molecule has 0 unspecified atom stereocenters. The van der Waals surface area contributed by atoms with E-state index in [0.717, 1.165) is 15.4 Å². The topological polar surface area (TPSA) is 127 Å². The van der Waals surface area contributed by atoms with Crippen LogP contribution in [0.5, 0.6) is 0 Å². The summed E-state index contributed by atoms with van der Waals surface area (Å²) in [4.78, 5) is 45.9. The number of H-pyrrole nitrogens is 1. The molecule has 0 aliphatic carbocycles. The molecule has 0 aliphatic heterocycles. The van der Waals surface area contributed by atoms with Crippen molar-refractivity contribution in [3.63, 3.8) is 0 Å². The zero-order chi connectivity index (χ0) is 24.2. The van der Waals surface area contributed by atoms with Crippen LogP contribution in [0.3, 0.4) is 0 Å². The van der Waals surface area contributed by atoms with Gasteiger partial charge < -0.3 is 15.8 Å². The lowest BCUT2D eigenvalue weighted by Crippen LogP contribution is -2.34. The van der Waals surface area contributed by atoms with E-state index in [-0.39, 0.29) is 11.5 Å². The van der Waals surface area contributed by atoms with Crippen LogP contribution in [-0.4, -0.2) is 29.0 Å². The van der Waals surface area contributed by atoms with Crippen LogP contribution in [0.2, 0.25) is 0 Å². The molecule has 9 heteroatoms. The predicted octanol–water partition coefficient (Wildman–Crippen LogP) is 3.61. The number of nitrogens with one attached hydrogen (secondary N) is 2. The number of amides is 1. The largest absolute Gasteiger partial charge is 0.467 e. The summed E-state index contributed by atoms with van der Waals surface area (Å²) in [5.41, 5.74) is 7.80. The molecule has 4 N–H and O–H groups in total. The number of esters is 1. The lowest BCUT2D eigenvalue weighted by Gasteiger charge is -2.17. The minimum atomic E-state index is -0.919. The molecule has 8 nitrogen and oxygen atoms in total. The van der Waals surface area contributed by atoms with Gasteiger partial charge in [0.25, 0.3) is 11.5 Å². The fourth-order valence-electron chi connectivity index (χ4n) is 3.51. The van der Waals surface area contributed by atoms with Crippen molar-refractivity contribution in [2.75, 3.05) is 12.8 Å². The number of anilines is 1. The van der Waals surface area contributed by atoms with Crippen LogP contribution in [0.25, 0.3) is 10.9 Å². The van der Waals surface area contributed by atoms with Crippen molar-refractivity contribution in [1.82, 2.24) is 15.3 Å². The standard InChI is InChI=1S/C25H22N4O4S/c1-14-8-13-18-19(23(31)29-25(26)27-18)21(14)34-17-11-9-16(10-12-17)22(30)28-20(24(32)33-2)15-6-4-3-5-7-15/h3-13,20H,1-2H3,(H,28,30)(H3,26,27,29,31)/t20-/m0/s1. The van der Waals surface area contributed by atoms with Gasteiger partial charge in [0.2, 0.25) is 5.95 Å². The Morgan fingerprint density at radius 3 is 2.44 bits per heavy atom. The zero-order valence-electron chi connectivity index (χ0n) is 18.5. The van der Waals surface area contributed by atoms with E-state index in [4.69, 9.17) is 10.5 Å². The highest BCUT2D eigenvalue weighted by atomic mass is 32.2. The number of aryl methyl sites for hydroxylation is 1. The van der Waals surface area contributed by atoms with E-state index < -0.39 is 17.9 Å². The number of methoxy groups -OCH3 is 1. The number of aromatic nitrogens is 2. The molecule has 1 heterocycles. The molecule has 0 spiro atoms. The first-order valence-electron chi connectivity index (χ1n) is 10.4. The Morgan fingerprint density at radius 1 is 1.06 bits per heavy atom. The first-order valence-corrected chi connectivity index (χ1v) is 11.2. The number of fused-ring (bicyclic) bond motifs is 1. The molecular weight excluding hydrogens is 452 g/mol. The summed E-state index contributed by atoms with van der Waals surface area (Å²) in [7, 11) is 1.28. The van der Waals surface area contributed by atoms with Crippen LogP contribution >= 0.6 is 11.8 Å². The highest BCUT2D eigenvalue weighted by Gasteiger charge is 2.24. The molecule has 0 aliphatic rings. The molecular formula is C25H22N4O4S. The van der Waals surface area contributed by atoms with Crippen molar-refractivity contribution in [1.29, 1.82) is 0 Å². The third-order valence-corrected chi connectivity index (χ3v) is 6.46. The van der Waals surface area contributed by atoms with E-state index in [9.17, 15) is 14.4 Å². The van der Waals surface area contributed by atoms with E-state index in [1.165, 1.54) is 18.9 Å². The molecule has 0 bridgehead atoms. The summed E-state index contributed by atoms with van der Waals surface area (Å²) < 4.78 is 4.85. The number of rotatable bonds is 6. The molecule has 4 rings (SSSR count). The van der Waals surface area contributed by atoms with Crippen LogP contribution in [0.1, 0.15) is 27.5 Å². The van der Waals surface area contributed by atoms with Gasteiger partial charge in [0.1, 0.15) is 0 Å². The summed E-state index contributed by atoms with van der Waals surface area (Å²) in [5, 5.41) is 3.19. The number of nitrogens with two attached hydrogens (primary N) is 1. The van der Waals surface area contributed by atoms with Gasteiger partial charge in [-0.15, -0.1) is 0 Å². The molecule has 1 amide bonds. The van der Waals surface area contributed by atoms with Crippen molar-refractivity contribution in [3.8, 4) is 0 Å². The Morgan fingerprint density at radius 2 is 1.76 bits per heavy atom. The smallest absolute Gasteiger partial charge is 0.333 e. The lowest BCUT2D eigenvalue weighted by molar-refractivity contribution is -0.143. The van der Waals surface area contributed by atoms with Crippen LogP contribution in [-0.2, 0) is 9.53 Å². The van der Waals surface area contributed by atoms with Crippen LogP contribution in [0.15, 0.2) is 81.3 Å². The van der Waals surface area contributed by atoms with Crippen molar-refractivity contribution >= 4 is 40.5 Å². The minimum Gasteiger partial charge on any atom is -0.467 e. The number of benzene rings is 3. The number of nitrogens with zero attached hydrogens (tertiary/aromatic N) is 1. The van der Waals surface area contributed by atoms with Crippen molar-refractivity contribution in [3.05, 3.63) is 93.8 Å². The molecule has 172 valence electrons. The van der Waals surface area contributed by atoms with E-state index in [1.807, 2.05) is 19.1 Å². The number of aromatic amines is 1. The van der Waals surface area contributed by atoms with Gasteiger partial charge in [-0.25, -0.2) is 9.78 Å². The first-order chi connectivity index (χ1) is 16.4. The maximum Gasteiger partial charge on any atom is 0.333 e. The quantitative estimate of drug-likeness (QED) is 0.364. The molecule has 4 aromatic rings. The SMILES string of the molecule is COC(=O)[C@@H](NC(=O)c1ccc(Sc2c(C)ccc3nc(N)[nH]c(=O)c23)cc1)c1ccccc1. The molecule has 1 aromatic heterocycles. The highest BCUT2D eigenvalue weighted by Crippen LogP contribution is 2.34. The summed E-state index contributed by atoms with van der Waals surface area (Å²) in [6.07, 6.45) is 0. The van der Waals surface area contributed by atoms with Gasteiger partial charge >= 0.3 is 5.97 Å². The first kappa shape index (κ1) is 23.1. The van der Waals surface area contributed by atoms with Gasteiger partial charge in [0, 0.05) is 15.4 Å². The van der Waals surface area contributed by atoms with Gasteiger partial charge in [0.05, 0.1) is 18.0 Å². The summed E-state index contributed by atoms with van der Waals surface area (Å²) in [6.45, 7) is 1.91. The van der Waals surface area contributed by atoms with Gasteiger partial charge in [-0.1, -0.05) is 48.2 Å². The number of carbonyl (C=O) groups is 2. The number of ether oxygens (including phenoxy) is 1. The third kappa shape index (κ3) is 4.79. The van der Waals surface area contributed by atoms with Crippen LogP contribution < -0.4 is 16.6 Å². The van der Waals surface area contributed by atoms with E-state index in [0.29, 0.717) is 22.0 Å². The van der Waals surface area contributed by atoms with Gasteiger partial charge in [-0.05, 0) is 48.4 Å². The molecule has 0 fully saturated rings. The predicted molar refractivity (Wildman–Crippen MR) is 131 cm³/mol. The Labute approximate surface area is 199 Å². The lowest BCUT2D eigenvalue weighted by atomic mass is 10.1. The normalized spacial score (nSPS) is 11.7. The van der Waals surface area contributed by atoms with E-state index >= 15 is 0 Å². The molecule has 0 saturated carbocycles. The van der Waals surface area contributed by atoms with Gasteiger partial charge in [-0.2, -0.15) is 0 Å². The number of nitrogen functional groups attached to an aromatic ring is 1. The fraction of sp³-hybridized carbons (Fsp3) is 0.120. The summed E-state index contributed by atoms with van der Waals surface area (Å²) in [5.74, 6) is -0.903. The Bertz CT molecular complexity index is 1420. The Kier molecular flexibility index (Phi) is 6.65. The maximum atomic E-state index is 12.8. The van der Waals surface area contributed by atoms with Gasteiger partial charge in [0.15, 0.2) is 6.04 Å². The van der Waals surface area contributed by atoms with Crippen molar-refractivity contribution < 1.29 is 14.3 Å². The second-order valence-electron chi connectivity index (χ2n) is 7.52. The summed E-state index contributed by atoms with van der Waals surface area (Å²) in [6, 6.07) is 18.5. The number of hydrogen-bond acceptors (Lipinski definition) is 7.